The van der Waals surface area contributed by atoms with Gasteiger partial charge in [0.1, 0.15) is 0 Å². The van der Waals surface area contributed by atoms with Gasteiger partial charge in [0, 0.05) is 7.26 Å². The molecule has 8 heteroatoms. The molecule has 20 heavy (non-hydrogen) atoms. The van der Waals surface area contributed by atoms with Crippen LogP contribution < -0.4 is 0 Å². The van der Waals surface area contributed by atoms with Crippen molar-refractivity contribution in [1.29, 1.82) is 0 Å². The Morgan fingerprint density at radius 3 is 0.800 bits per heavy atom. The zero-order chi connectivity index (χ0) is 18.0. The second kappa shape index (κ2) is 51.5. The van der Waals surface area contributed by atoms with Crippen molar-refractivity contribution in [2.45, 2.75) is 27.7 Å². The number of rotatable bonds is 4. The van der Waals surface area contributed by atoms with E-state index in [1.165, 1.54) is 24.6 Å². The van der Waals surface area contributed by atoms with Crippen LogP contribution in [-0.2, 0) is 38.0 Å². The fourth-order valence-corrected chi connectivity index (χ4v) is 4.02. The summed E-state index contributed by atoms with van der Waals surface area (Å²) >= 11 is -0.812. The fourth-order valence-electron chi connectivity index (χ4n) is 1.34. The summed E-state index contributed by atoms with van der Waals surface area (Å²) in [5.74, 6) is 0. The van der Waals surface area contributed by atoms with Gasteiger partial charge in [-0.15, -0.1) is 0 Å². The summed E-state index contributed by atoms with van der Waals surface area (Å²) in [5, 5.41) is 0. The van der Waals surface area contributed by atoms with Gasteiger partial charge in [0.2, 0.25) is 0 Å². The molecule has 0 spiro atoms. The number of carbonyl (C=O) groups excluding carboxylic acids is 4. The molecule has 0 aromatic rings. The van der Waals surface area contributed by atoms with Crippen LogP contribution in [0.15, 0.2) is 0 Å². The van der Waals surface area contributed by atoms with Gasteiger partial charge in [0.05, 0.1) is 24.6 Å². The summed E-state index contributed by atoms with van der Waals surface area (Å²) in [6.45, 7) is 27.4. The van der Waals surface area contributed by atoms with E-state index in [0.29, 0.717) is 0 Å². The van der Waals surface area contributed by atoms with Crippen molar-refractivity contribution < 1.29 is 42.2 Å². The Hall–Kier alpha value is -0.624. The van der Waals surface area contributed by atoms with Gasteiger partial charge in [-0.2, -0.15) is 0 Å². The molecule has 119 valence electrons. The molecule has 0 aliphatic heterocycles. The first kappa shape index (κ1) is 36.6. The molecule has 0 atom stereocenters. The van der Waals surface area contributed by atoms with E-state index in [9.17, 15) is 0 Å². The van der Waals surface area contributed by atoms with Crippen LogP contribution in [0.4, 0.5) is 0 Å². The third-order valence-corrected chi connectivity index (χ3v) is 8.05. The Bertz CT molecular complexity index is 133. The molecule has 0 amide bonds. The van der Waals surface area contributed by atoms with E-state index in [2.05, 4.69) is 54.9 Å². The predicted molar refractivity (Wildman–Crippen MR) is 74.8 cm³/mol. The quantitative estimate of drug-likeness (QED) is 0.752. The van der Waals surface area contributed by atoms with E-state index in [-0.39, 0.29) is 0 Å². The van der Waals surface area contributed by atoms with Gasteiger partial charge < -0.3 is 0 Å². The van der Waals surface area contributed by atoms with Crippen LogP contribution >= 0.6 is 7.26 Å². The van der Waals surface area contributed by atoms with Crippen LogP contribution in [-0.4, -0.2) is 56.0 Å². The Labute approximate surface area is 129 Å². The molecular weight excluding hydrogens is 330 g/mol. The molecule has 0 aliphatic carbocycles. The summed E-state index contributed by atoms with van der Waals surface area (Å²) in [4.78, 5) is 30.0. The zero-order valence-electron chi connectivity index (χ0n) is 12.1. The van der Waals surface area contributed by atoms with Gasteiger partial charge in [-0.05, 0) is 27.7 Å². The predicted octanol–water partition coefficient (Wildman–Crippen LogP) is 0.817. The molecule has 0 aromatic heterocycles. The molecule has 6 nitrogen and oxygen atoms in total. The summed E-state index contributed by atoms with van der Waals surface area (Å²) in [6.07, 6.45) is 5.82. The minimum absolute atomic E-state index is 0.420. The molecule has 0 bridgehead atoms. The Kier molecular flexibility index (Phi) is 94.2. The summed E-state index contributed by atoms with van der Waals surface area (Å²) < 4.78 is 15.4. The molecule has 0 aliphatic rings. The number of hydrogen-bond acceptors (Lipinski definition) is 5. The van der Waals surface area contributed by atoms with Crippen molar-refractivity contribution in [3.05, 3.63) is 0 Å². The molecule has 0 rings (SSSR count). The average molecular weight is 351 g/mol. The van der Waals surface area contributed by atoms with E-state index in [0.717, 1.165) is 0 Å². The van der Waals surface area contributed by atoms with Crippen LogP contribution in [0, 0.1) is 0 Å². The maximum atomic E-state index is 8.45. The van der Waals surface area contributed by atoms with Crippen molar-refractivity contribution in [1.82, 2.24) is 0 Å². The summed E-state index contributed by atoms with van der Waals surface area (Å²) in [5.41, 5.74) is 0. The Balaban J connectivity index is -0.0000000373. The topological polar surface area (TPSA) is 106 Å². The second-order valence-corrected chi connectivity index (χ2v) is 8.07. The van der Waals surface area contributed by atoms with Crippen LogP contribution in [0.25, 0.3) is 0 Å². The van der Waals surface area contributed by atoms with Gasteiger partial charge in [0.15, 0.2) is 0 Å². The van der Waals surface area contributed by atoms with Crippen LogP contribution in [0.5, 0.6) is 0 Å². The van der Waals surface area contributed by atoms with Crippen molar-refractivity contribution in [3.8, 4) is 0 Å². The van der Waals surface area contributed by atoms with E-state index in [4.69, 9.17) is 27.3 Å². The first-order chi connectivity index (χ1) is 9.66. The van der Waals surface area contributed by atoms with Crippen molar-refractivity contribution in [2.24, 2.45) is 0 Å². The van der Waals surface area contributed by atoms with Gasteiger partial charge in [-0.1, -0.05) is 0 Å². The zero-order valence-corrected chi connectivity index (χ0v) is 14.0. The van der Waals surface area contributed by atoms with E-state index in [1.54, 1.807) is 0 Å². The number of hydrogen-bond donors (Lipinski definition) is 1. The molecule has 1 N–H and O–H groups in total. The summed E-state index contributed by atoms with van der Waals surface area (Å²) in [7, 11) is -0.420. The van der Waals surface area contributed by atoms with Crippen molar-refractivity contribution in [3.63, 3.8) is 0 Å². The Morgan fingerprint density at radius 1 is 0.700 bits per heavy atom. The minimum atomic E-state index is -0.812. The molecule has 0 saturated carbocycles. The van der Waals surface area contributed by atoms with Gasteiger partial charge in [-0.3, -0.25) is 19.2 Å². The molecular formula is C12H21CoO6P. The normalized spacial score (nSPS) is 7.25. The molecule has 0 aromatic carbocycles. The van der Waals surface area contributed by atoms with Gasteiger partial charge in [0.25, 0.3) is 27.2 Å². The van der Waals surface area contributed by atoms with E-state index >= 15 is 0 Å². The molecule has 0 unspecified atom stereocenters. The van der Waals surface area contributed by atoms with E-state index in [1.807, 2.05) is 0 Å². The first-order valence-corrected chi connectivity index (χ1v) is 8.62. The van der Waals surface area contributed by atoms with Crippen LogP contribution in [0.3, 0.4) is 0 Å². The van der Waals surface area contributed by atoms with Crippen molar-refractivity contribution in [2.75, 3.05) is 24.6 Å². The maximum absolute atomic E-state index is 8.45. The third-order valence-electron chi connectivity index (χ3n) is 2.68. The molecule has 8 radical (unpaired) electrons. The fraction of sp³-hybridized carbons (Fsp3) is 0.667. The third kappa shape index (κ3) is 36.0. The summed E-state index contributed by atoms with van der Waals surface area (Å²) in [6, 6.07) is 0. The van der Waals surface area contributed by atoms with E-state index < -0.39 is 22.2 Å². The van der Waals surface area contributed by atoms with Crippen LogP contribution in [0.1, 0.15) is 27.7 Å². The second-order valence-electron chi connectivity index (χ2n) is 2.67. The molecule has 0 saturated heterocycles. The molecule has 0 heterocycles. The molecule has 0 fully saturated rings. The standard InChI is InChI=1S/C8H20P.4CO.Co.H2O.O/c1-5-9(6-2,7-3)8-4;4*1-2;;;/h5-8H2,1-4H3;;;;;;1H2;/q+1;;;;;;;/p-1. The van der Waals surface area contributed by atoms with Gasteiger partial charge in [-0.25, -0.2) is 0 Å². The van der Waals surface area contributed by atoms with Gasteiger partial charge >= 0.3 is 23.0 Å². The Morgan fingerprint density at radius 2 is 0.800 bits per heavy atom. The first-order valence-electron chi connectivity index (χ1n) is 5.19. The van der Waals surface area contributed by atoms with Crippen molar-refractivity contribution >= 4 is 34.4 Å². The average Bonchev–Trinajstić information content (AvgIpc) is 2.58. The SMILES string of the molecule is CC[P+](CC)(CC)CC.[C]=O.[C]=O.[C]=O.[C]=O.[O]=[Co-][OH]. The monoisotopic (exact) mass is 351 g/mol. The van der Waals surface area contributed by atoms with Crippen LogP contribution in [0.2, 0.25) is 0 Å².